The average molecular weight is 315 g/mol. The highest BCUT2D eigenvalue weighted by atomic mass is 35.5. The van der Waals surface area contributed by atoms with Crippen molar-refractivity contribution in [3.8, 4) is 0 Å². The van der Waals surface area contributed by atoms with Crippen LogP contribution in [0.4, 0.5) is 4.39 Å². The molecule has 1 unspecified atom stereocenters. The Bertz CT molecular complexity index is 647. The van der Waals surface area contributed by atoms with E-state index in [9.17, 15) is 4.39 Å². The zero-order valence-electron chi connectivity index (χ0n) is 11.9. The Labute approximate surface area is 128 Å². The van der Waals surface area contributed by atoms with Crippen molar-refractivity contribution < 1.29 is 4.39 Å². The molecule has 0 saturated heterocycles. The van der Waals surface area contributed by atoms with Gasteiger partial charge in [-0.15, -0.1) is 0 Å². The monoisotopic (exact) mass is 314 g/mol. The van der Waals surface area contributed by atoms with Crippen LogP contribution in [-0.4, -0.2) is 9.55 Å². The third-order valence-corrected chi connectivity index (χ3v) is 4.41. The number of benzene rings is 1. The summed E-state index contributed by atoms with van der Waals surface area (Å²) in [4.78, 5) is 3.11. The van der Waals surface area contributed by atoms with Gasteiger partial charge in [-0.25, -0.2) is 4.39 Å². The SMILES string of the molecule is CCCCC(CC)Cn1c(=S)[nH]c2cc(Cl)c(F)cc21. The van der Waals surface area contributed by atoms with E-state index < -0.39 is 5.82 Å². The van der Waals surface area contributed by atoms with Gasteiger partial charge in [-0.3, -0.25) is 0 Å². The topological polar surface area (TPSA) is 20.7 Å². The molecule has 1 aromatic heterocycles. The molecule has 2 rings (SSSR count). The lowest BCUT2D eigenvalue weighted by atomic mass is 9.99. The number of halogens is 2. The van der Waals surface area contributed by atoms with Crippen molar-refractivity contribution in [2.75, 3.05) is 0 Å². The van der Waals surface area contributed by atoms with Crippen LogP contribution in [0.15, 0.2) is 12.1 Å². The number of aromatic nitrogens is 2. The lowest BCUT2D eigenvalue weighted by Crippen LogP contribution is -2.10. The van der Waals surface area contributed by atoms with Gasteiger partial charge in [0.25, 0.3) is 0 Å². The highest BCUT2D eigenvalue weighted by Gasteiger charge is 2.13. The number of hydrogen-bond donors (Lipinski definition) is 1. The minimum atomic E-state index is -0.400. The predicted octanol–water partition coefficient (Wildman–Crippen LogP) is 5.71. The van der Waals surface area contributed by atoms with Gasteiger partial charge in [0.2, 0.25) is 0 Å². The maximum absolute atomic E-state index is 13.7. The van der Waals surface area contributed by atoms with E-state index in [1.807, 2.05) is 4.57 Å². The van der Waals surface area contributed by atoms with Gasteiger partial charge in [0.05, 0.1) is 16.1 Å². The molecule has 0 aliphatic heterocycles. The molecule has 0 aliphatic rings. The minimum Gasteiger partial charge on any atom is -0.331 e. The molecule has 0 amide bonds. The number of H-pyrrole nitrogens is 1. The number of fused-ring (bicyclic) bond motifs is 1. The zero-order valence-corrected chi connectivity index (χ0v) is 13.5. The third-order valence-electron chi connectivity index (χ3n) is 3.80. The Balaban J connectivity index is 2.36. The number of aromatic amines is 1. The van der Waals surface area contributed by atoms with Crippen molar-refractivity contribution in [3.05, 3.63) is 27.7 Å². The highest BCUT2D eigenvalue weighted by Crippen LogP contribution is 2.25. The predicted molar refractivity (Wildman–Crippen MR) is 85.4 cm³/mol. The number of nitrogens with one attached hydrogen (secondary N) is 1. The maximum atomic E-state index is 13.7. The summed E-state index contributed by atoms with van der Waals surface area (Å²) in [6, 6.07) is 3.07. The van der Waals surface area contributed by atoms with E-state index in [2.05, 4.69) is 18.8 Å². The summed E-state index contributed by atoms with van der Waals surface area (Å²) in [6.07, 6.45) is 4.69. The lowest BCUT2D eigenvalue weighted by molar-refractivity contribution is 0.393. The van der Waals surface area contributed by atoms with Gasteiger partial charge in [0.15, 0.2) is 4.77 Å². The molecular formula is C15H20ClFN2S. The Morgan fingerprint density at radius 3 is 2.80 bits per heavy atom. The van der Waals surface area contributed by atoms with E-state index in [0.29, 0.717) is 10.7 Å². The van der Waals surface area contributed by atoms with Crippen LogP contribution >= 0.6 is 23.8 Å². The molecule has 0 radical (unpaired) electrons. The second-order valence-corrected chi connectivity index (χ2v) is 6.03. The largest absolute Gasteiger partial charge is 0.331 e. The molecule has 2 nitrogen and oxygen atoms in total. The maximum Gasteiger partial charge on any atom is 0.178 e. The molecule has 1 atom stereocenters. The smallest absolute Gasteiger partial charge is 0.178 e. The third kappa shape index (κ3) is 3.23. The summed E-state index contributed by atoms with van der Waals surface area (Å²) in [5, 5.41) is 0.124. The van der Waals surface area contributed by atoms with Crippen LogP contribution in [0.5, 0.6) is 0 Å². The highest BCUT2D eigenvalue weighted by molar-refractivity contribution is 7.71. The Morgan fingerprint density at radius 1 is 1.40 bits per heavy atom. The Kier molecular flexibility index (Phi) is 5.22. The molecule has 5 heteroatoms. The van der Waals surface area contributed by atoms with Crippen LogP contribution in [0.25, 0.3) is 11.0 Å². The van der Waals surface area contributed by atoms with E-state index in [1.165, 1.54) is 25.3 Å². The first kappa shape index (κ1) is 15.5. The van der Waals surface area contributed by atoms with Crippen molar-refractivity contribution in [1.82, 2.24) is 9.55 Å². The quantitative estimate of drug-likeness (QED) is 0.677. The van der Waals surface area contributed by atoms with Gasteiger partial charge in [-0.2, -0.15) is 0 Å². The minimum absolute atomic E-state index is 0.124. The second-order valence-electron chi connectivity index (χ2n) is 5.24. The van der Waals surface area contributed by atoms with Gasteiger partial charge >= 0.3 is 0 Å². The van der Waals surface area contributed by atoms with E-state index in [1.54, 1.807) is 6.07 Å². The molecule has 0 spiro atoms. The van der Waals surface area contributed by atoms with E-state index in [4.69, 9.17) is 23.8 Å². The summed E-state index contributed by atoms with van der Waals surface area (Å²) < 4.78 is 16.3. The van der Waals surface area contributed by atoms with Gasteiger partial charge in [-0.05, 0) is 30.6 Å². The molecule has 110 valence electrons. The van der Waals surface area contributed by atoms with Crippen molar-refractivity contribution in [3.63, 3.8) is 0 Å². The molecule has 20 heavy (non-hydrogen) atoms. The Morgan fingerprint density at radius 2 is 2.15 bits per heavy atom. The number of hydrogen-bond acceptors (Lipinski definition) is 1. The van der Waals surface area contributed by atoms with Gasteiger partial charge in [-0.1, -0.05) is 44.7 Å². The Hall–Kier alpha value is -0.870. The second kappa shape index (κ2) is 6.72. The van der Waals surface area contributed by atoms with Crippen molar-refractivity contribution in [2.24, 2.45) is 5.92 Å². The summed E-state index contributed by atoms with van der Waals surface area (Å²) >= 11 is 11.2. The van der Waals surface area contributed by atoms with Crippen LogP contribution in [0.1, 0.15) is 39.5 Å². The molecule has 1 aromatic carbocycles. The van der Waals surface area contributed by atoms with Crippen LogP contribution in [0, 0.1) is 16.5 Å². The first-order valence-corrected chi connectivity index (χ1v) is 7.93. The van der Waals surface area contributed by atoms with Gasteiger partial charge < -0.3 is 9.55 Å². The number of rotatable bonds is 6. The number of unbranched alkanes of at least 4 members (excludes halogenated alkanes) is 1. The van der Waals surface area contributed by atoms with Crippen LogP contribution in [-0.2, 0) is 6.54 Å². The fourth-order valence-corrected chi connectivity index (χ4v) is 2.96. The molecule has 0 aliphatic carbocycles. The van der Waals surface area contributed by atoms with E-state index in [0.717, 1.165) is 24.0 Å². The van der Waals surface area contributed by atoms with Crippen LogP contribution in [0.3, 0.4) is 0 Å². The molecule has 0 saturated carbocycles. The molecule has 0 bridgehead atoms. The van der Waals surface area contributed by atoms with Crippen molar-refractivity contribution in [1.29, 1.82) is 0 Å². The van der Waals surface area contributed by atoms with Crippen molar-refractivity contribution in [2.45, 2.75) is 46.1 Å². The van der Waals surface area contributed by atoms with Gasteiger partial charge in [0.1, 0.15) is 5.82 Å². The number of nitrogens with zero attached hydrogens (tertiary/aromatic N) is 1. The first-order valence-electron chi connectivity index (χ1n) is 7.14. The summed E-state index contributed by atoms with van der Waals surface area (Å²) in [5.41, 5.74) is 1.60. The lowest BCUT2D eigenvalue weighted by Gasteiger charge is -2.15. The van der Waals surface area contributed by atoms with Crippen molar-refractivity contribution >= 4 is 34.9 Å². The number of imidazole rings is 1. The van der Waals surface area contributed by atoms with Crippen LogP contribution in [0.2, 0.25) is 5.02 Å². The van der Waals surface area contributed by atoms with E-state index >= 15 is 0 Å². The molecule has 1 heterocycles. The molecule has 0 fully saturated rings. The fourth-order valence-electron chi connectivity index (χ4n) is 2.51. The van der Waals surface area contributed by atoms with Crippen LogP contribution < -0.4 is 0 Å². The van der Waals surface area contributed by atoms with Gasteiger partial charge in [0, 0.05) is 12.6 Å². The summed E-state index contributed by atoms with van der Waals surface area (Å²) in [6.45, 7) is 5.22. The average Bonchev–Trinajstić information content (AvgIpc) is 2.71. The molecule has 2 aromatic rings. The standard InChI is InChI=1S/C15H20ClFN2S/c1-3-5-6-10(4-2)9-19-14-8-12(17)11(16)7-13(14)18-15(19)20/h7-8,10H,3-6,9H2,1-2H3,(H,18,20). The normalized spacial score (nSPS) is 13.0. The first-order chi connectivity index (χ1) is 9.56. The summed E-state index contributed by atoms with van der Waals surface area (Å²) in [7, 11) is 0. The zero-order chi connectivity index (χ0) is 14.7. The fraction of sp³-hybridized carbons (Fsp3) is 0.533. The molecular weight excluding hydrogens is 295 g/mol. The summed E-state index contributed by atoms with van der Waals surface area (Å²) in [5.74, 6) is 0.169. The molecule has 1 N–H and O–H groups in total. The van der Waals surface area contributed by atoms with E-state index in [-0.39, 0.29) is 5.02 Å².